The average Bonchev–Trinajstić information content (AvgIpc) is 3.86. The number of benzene rings is 6. The summed E-state index contributed by atoms with van der Waals surface area (Å²) in [5.74, 6) is 0. The Kier molecular flexibility index (Phi) is 10.7. The Morgan fingerprint density at radius 2 is 0.893 bits per heavy atom. The number of carbonyl (C=O) groups excluding carboxylic acids is 2. The summed E-state index contributed by atoms with van der Waals surface area (Å²) in [4.78, 5) is 25.5. The van der Waals surface area contributed by atoms with E-state index in [9.17, 15) is 9.59 Å². The zero-order valence-corrected chi connectivity index (χ0v) is 35.4. The zero-order valence-electron chi connectivity index (χ0n) is 31.4. The Morgan fingerprint density at radius 1 is 0.518 bits per heavy atom. The number of fused-ring (bicyclic) bond motifs is 2. The number of hydrogen-bond donors (Lipinski definition) is 2. The number of nitrogens with one attached hydrogen (secondary N) is 2. The van der Waals surface area contributed by atoms with Gasteiger partial charge in [0.2, 0.25) is 0 Å². The molecular formula is C48H42BCl2N2O2Zr. The van der Waals surface area contributed by atoms with Crippen LogP contribution in [0.5, 0.6) is 0 Å². The molecule has 56 heavy (non-hydrogen) atoms. The number of allylic oxidation sites excluding steroid dienone is 2. The Balaban J connectivity index is 1.48. The molecule has 0 aromatic heterocycles. The van der Waals surface area contributed by atoms with Crippen molar-refractivity contribution in [3.8, 4) is 22.3 Å². The molecule has 2 aliphatic rings. The molecule has 0 saturated carbocycles. The van der Waals surface area contributed by atoms with Crippen LogP contribution in [-0.4, -0.2) is 17.3 Å². The van der Waals surface area contributed by atoms with Crippen LogP contribution < -0.4 is 10.5 Å². The number of aryl methyl sites for hydroxylation is 2. The van der Waals surface area contributed by atoms with Crippen molar-refractivity contribution in [3.63, 3.8) is 0 Å². The predicted octanol–water partition coefficient (Wildman–Crippen LogP) is 11.5. The van der Waals surface area contributed by atoms with Gasteiger partial charge in [-0.1, -0.05) is 0 Å². The van der Waals surface area contributed by atoms with E-state index in [1.165, 1.54) is 11.1 Å². The van der Waals surface area contributed by atoms with E-state index in [1.807, 2.05) is 36.4 Å². The van der Waals surface area contributed by atoms with Crippen LogP contribution >= 0.6 is 17.0 Å². The molecule has 2 atom stereocenters. The van der Waals surface area contributed by atoms with E-state index in [0.717, 1.165) is 79.6 Å². The molecule has 0 bridgehead atoms. The summed E-state index contributed by atoms with van der Waals surface area (Å²) in [5.41, 5.74) is 14.9. The van der Waals surface area contributed by atoms with Gasteiger partial charge in [-0.25, -0.2) is 0 Å². The van der Waals surface area contributed by atoms with Crippen molar-refractivity contribution in [3.05, 3.63) is 190 Å². The third-order valence-electron chi connectivity index (χ3n) is 11.8. The maximum atomic E-state index is 12.7. The van der Waals surface area contributed by atoms with Crippen LogP contribution in [0.25, 0.3) is 45.6 Å². The van der Waals surface area contributed by atoms with Gasteiger partial charge in [-0.2, -0.15) is 0 Å². The van der Waals surface area contributed by atoms with Crippen LogP contribution in [0.15, 0.2) is 146 Å². The molecule has 0 radical (unpaired) electrons. The maximum absolute atomic E-state index is 12.7. The van der Waals surface area contributed by atoms with Gasteiger partial charge in [0.15, 0.2) is 0 Å². The van der Waals surface area contributed by atoms with Crippen LogP contribution in [0.2, 0.25) is 0 Å². The van der Waals surface area contributed by atoms with Gasteiger partial charge in [-0.05, 0) is 0 Å². The van der Waals surface area contributed by atoms with E-state index in [4.69, 9.17) is 17.0 Å². The van der Waals surface area contributed by atoms with E-state index < -0.39 is 27.9 Å². The van der Waals surface area contributed by atoms with Crippen molar-refractivity contribution < 1.29 is 25.8 Å². The summed E-state index contributed by atoms with van der Waals surface area (Å²) in [7, 11) is 17.7. The van der Waals surface area contributed by atoms with Gasteiger partial charge in [0.05, 0.1) is 0 Å². The van der Waals surface area contributed by atoms with Gasteiger partial charge >= 0.3 is 340 Å². The van der Waals surface area contributed by atoms with Crippen molar-refractivity contribution in [2.24, 2.45) is 0 Å². The molecule has 277 valence electrons. The van der Waals surface area contributed by atoms with Gasteiger partial charge < -0.3 is 0 Å². The molecule has 2 aliphatic carbocycles. The third-order valence-corrected chi connectivity index (χ3v) is 31.6. The standard InChI is InChI=1S/2C23H19.C2H3BN2O2.2ClH.Zr/c2*1-2-17-9-6-7-13-21(17)22-14-8-12-19-15-20(16-23(19)22)18-10-4-3-5-11-18;6-1-4-3-5-2-7;;;/h2*3-16H,2H2,1H3;1-2H,(H-,4,5,6,7);2*1H;/q;;;;;+1/p-1. The SMILES string of the molecule is CCc1ccccc1-c1cccc2c1C=C(c1ccccc1)[CH]2[Zr]([Cl])([Cl])([B](NC=O)NC=O)[CH]1C(c2ccccc2)=Cc2c(-c3ccccc3CC)cccc21. The van der Waals surface area contributed by atoms with Crippen molar-refractivity contribution in [1.29, 1.82) is 0 Å². The number of halogens is 2. The van der Waals surface area contributed by atoms with Crippen molar-refractivity contribution in [2.45, 2.75) is 33.9 Å². The summed E-state index contributed by atoms with van der Waals surface area (Å²) >= 11 is -6.17. The number of amides is 2. The second-order valence-electron chi connectivity index (χ2n) is 14.7. The molecule has 8 rings (SSSR count). The van der Waals surface area contributed by atoms with Crippen molar-refractivity contribution in [1.82, 2.24) is 10.5 Å². The fourth-order valence-corrected chi connectivity index (χ4v) is 29.1. The molecule has 0 heterocycles. The van der Waals surface area contributed by atoms with Crippen LogP contribution in [0.3, 0.4) is 0 Å². The van der Waals surface area contributed by atoms with E-state index in [2.05, 4.69) is 146 Å². The molecule has 6 aromatic rings. The van der Waals surface area contributed by atoms with Gasteiger partial charge in [0.25, 0.3) is 0 Å². The minimum absolute atomic E-state index is 0.564. The Morgan fingerprint density at radius 3 is 1.29 bits per heavy atom. The van der Waals surface area contributed by atoms with Crippen LogP contribution in [0.1, 0.15) is 65.6 Å². The predicted molar refractivity (Wildman–Crippen MR) is 232 cm³/mol. The minimum atomic E-state index is -6.17. The second-order valence-corrected chi connectivity index (χ2v) is 36.1. The summed E-state index contributed by atoms with van der Waals surface area (Å²) in [5, 5.41) is 6.01. The molecule has 2 unspecified atom stereocenters. The topological polar surface area (TPSA) is 58.2 Å². The van der Waals surface area contributed by atoms with Gasteiger partial charge in [-0.15, -0.1) is 0 Å². The first-order valence-corrected chi connectivity index (χ1v) is 29.9. The molecule has 4 nitrogen and oxygen atoms in total. The van der Waals surface area contributed by atoms with Crippen LogP contribution in [0.4, 0.5) is 0 Å². The normalized spacial score (nSPS) is 16.4. The van der Waals surface area contributed by atoms with E-state index in [-0.39, 0.29) is 0 Å². The molecule has 0 aliphatic heterocycles. The molecule has 2 amide bonds. The summed E-state index contributed by atoms with van der Waals surface area (Å²) in [6.07, 6.45) is 7.48. The van der Waals surface area contributed by atoms with Crippen LogP contribution in [0, 0.1) is 0 Å². The van der Waals surface area contributed by atoms with Crippen molar-refractivity contribution >= 4 is 57.7 Å². The van der Waals surface area contributed by atoms with Gasteiger partial charge in [-0.3, -0.25) is 0 Å². The first-order chi connectivity index (χ1) is 27.3. The number of rotatable bonds is 13. The zero-order chi connectivity index (χ0) is 38.9. The molecule has 6 aromatic carbocycles. The second kappa shape index (κ2) is 15.7. The fourth-order valence-electron chi connectivity index (χ4n) is 9.41. The quantitative estimate of drug-likeness (QED) is 0.0898. The average molecular weight is 852 g/mol. The monoisotopic (exact) mass is 849 g/mol. The Bertz CT molecular complexity index is 2350. The number of carbonyl (C=O) groups is 2. The summed E-state index contributed by atoms with van der Waals surface area (Å²) in [6.45, 7) is 4.35. The summed E-state index contributed by atoms with van der Waals surface area (Å²) in [6, 6.07) is 50.3. The van der Waals surface area contributed by atoms with Crippen molar-refractivity contribution in [2.75, 3.05) is 0 Å². The first kappa shape index (κ1) is 38.2. The molecule has 8 heteroatoms. The van der Waals surface area contributed by atoms with E-state index in [0.29, 0.717) is 12.8 Å². The molecular weight excluding hydrogens is 809 g/mol. The van der Waals surface area contributed by atoms with Crippen LogP contribution in [-0.2, 0) is 38.6 Å². The molecule has 0 fully saturated rings. The van der Waals surface area contributed by atoms with Gasteiger partial charge in [0.1, 0.15) is 0 Å². The Labute approximate surface area is 337 Å². The molecule has 0 saturated heterocycles. The molecule has 2 N–H and O–H groups in total. The third kappa shape index (κ3) is 6.27. The van der Waals surface area contributed by atoms with E-state index >= 15 is 0 Å². The molecule has 0 spiro atoms. The van der Waals surface area contributed by atoms with E-state index in [1.54, 1.807) is 0 Å². The first-order valence-electron chi connectivity index (χ1n) is 19.3. The Hall–Kier alpha value is -4.73. The fraction of sp³-hybridized carbons (Fsp3) is 0.125. The van der Waals surface area contributed by atoms with Gasteiger partial charge in [0, 0.05) is 0 Å². The number of hydrogen-bond acceptors (Lipinski definition) is 2. The summed E-state index contributed by atoms with van der Waals surface area (Å²) < 4.78 is -2.19.